The molecule has 1 unspecified atom stereocenters. The summed E-state index contributed by atoms with van der Waals surface area (Å²) in [6.07, 6.45) is 2.06. The van der Waals surface area contributed by atoms with Gasteiger partial charge in [0.05, 0.1) is 0 Å². The van der Waals surface area contributed by atoms with Gasteiger partial charge in [-0.25, -0.2) is 14.8 Å². The fourth-order valence-electron chi connectivity index (χ4n) is 1.47. The third-order valence-electron chi connectivity index (χ3n) is 2.17. The van der Waals surface area contributed by atoms with Gasteiger partial charge in [0.15, 0.2) is 5.69 Å². The molecule has 0 spiro atoms. The molecule has 0 saturated heterocycles. The molecule has 2 N–H and O–H groups in total. The molecule has 0 saturated carbocycles. The quantitative estimate of drug-likeness (QED) is 0.799. The Kier molecular flexibility index (Phi) is 4.22. The fourth-order valence-corrected chi connectivity index (χ4v) is 1.47. The minimum Gasteiger partial charge on any atom is -0.477 e. The molecule has 0 aliphatic heterocycles. The van der Waals surface area contributed by atoms with Gasteiger partial charge in [-0.1, -0.05) is 13.3 Å². The lowest BCUT2D eigenvalue weighted by Gasteiger charge is -2.13. The monoisotopic (exact) mass is 223 g/mol. The Hall–Kier alpha value is -1.65. The Balaban J connectivity index is 2.84. The van der Waals surface area contributed by atoms with Crippen molar-refractivity contribution in [2.45, 2.75) is 39.7 Å². The Morgan fingerprint density at radius 2 is 2.25 bits per heavy atom. The Morgan fingerprint density at radius 1 is 1.56 bits per heavy atom. The lowest BCUT2D eigenvalue weighted by atomic mass is 10.2. The smallest absolute Gasteiger partial charge is 0.354 e. The molecule has 1 atom stereocenters. The predicted molar refractivity (Wildman–Crippen MR) is 61.7 cm³/mol. The Labute approximate surface area is 94.9 Å². The van der Waals surface area contributed by atoms with E-state index in [0.717, 1.165) is 12.8 Å². The third-order valence-corrected chi connectivity index (χ3v) is 2.17. The first-order chi connectivity index (χ1) is 7.52. The second kappa shape index (κ2) is 5.44. The zero-order valence-electron chi connectivity index (χ0n) is 9.82. The minimum atomic E-state index is -1.03. The van der Waals surface area contributed by atoms with Crippen molar-refractivity contribution < 1.29 is 9.90 Å². The summed E-state index contributed by atoms with van der Waals surface area (Å²) in [6, 6.07) is 1.70. The van der Waals surface area contributed by atoms with Gasteiger partial charge in [-0.15, -0.1) is 0 Å². The van der Waals surface area contributed by atoms with Crippen LogP contribution >= 0.6 is 0 Å². The molecule has 1 aromatic heterocycles. The van der Waals surface area contributed by atoms with E-state index in [-0.39, 0.29) is 11.7 Å². The van der Waals surface area contributed by atoms with Gasteiger partial charge < -0.3 is 10.4 Å². The molecule has 0 radical (unpaired) electrons. The molecular weight excluding hydrogens is 206 g/mol. The molecule has 0 aromatic carbocycles. The molecule has 0 aliphatic rings. The number of aromatic carboxylic acids is 1. The average molecular weight is 223 g/mol. The highest BCUT2D eigenvalue weighted by Crippen LogP contribution is 2.08. The number of hydrogen-bond donors (Lipinski definition) is 2. The number of carboxylic acids is 1. The Bertz CT molecular complexity index is 379. The number of hydrogen-bond acceptors (Lipinski definition) is 4. The Morgan fingerprint density at radius 3 is 2.81 bits per heavy atom. The van der Waals surface area contributed by atoms with Crippen LogP contribution in [0.3, 0.4) is 0 Å². The summed E-state index contributed by atoms with van der Waals surface area (Å²) in [5, 5.41) is 11.9. The van der Waals surface area contributed by atoms with Crippen molar-refractivity contribution in [2.75, 3.05) is 5.32 Å². The zero-order valence-corrected chi connectivity index (χ0v) is 9.82. The zero-order chi connectivity index (χ0) is 12.1. The molecule has 0 amide bonds. The second-order valence-corrected chi connectivity index (χ2v) is 3.86. The van der Waals surface area contributed by atoms with E-state index in [2.05, 4.69) is 22.2 Å². The number of carbonyl (C=O) groups is 1. The maximum absolute atomic E-state index is 10.8. The van der Waals surface area contributed by atoms with Crippen molar-refractivity contribution in [3.05, 3.63) is 17.5 Å². The number of aryl methyl sites for hydroxylation is 1. The number of aromatic nitrogens is 2. The highest BCUT2D eigenvalue weighted by Gasteiger charge is 2.09. The van der Waals surface area contributed by atoms with Gasteiger partial charge >= 0.3 is 5.97 Å². The molecule has 1 rings (SSSR count). The molecule has 88 valence electrons. The van der Waals surface area contributed by atoms with E-state index >= 15 is 0 Å². The summed E-state index contributed by atoms with van der Waals surface area (Å²) < 4.78 is 0. The van der Waals surface area contributed by atoms with Crippen LogP contribution in [0.1, 0.15) is 42.9 Å². The van der Waals surface area contributed by atoms with Crippen molar-refractivity contribution in [3.63, 3.8) is 0 Å². The summed E-state index contributed by atoms with van der Waals surface area (Å²) in [4.78, 5) is 18.9. The van der Waals surface area contributed by atoms with E-state index < -0.39 is 5.97 Å². The lowest BCUT2D eigenvalue weighted by Crippen LogP contribution is -2.18. The van der Waals surface area contributed by atoms with Crippen LogP contribution in [0.25, 0.3) is 0 Å². The van der Waals surface area contributed by atoms with Crippen molar-refractivity contribution in [3.8, 4) is 0 Å². The number of rotatable bonds is 5. The van der Waals surface area contributed by atoms with E-state index in [1.54, 1.807) is 6.92 Å². The summed E-state index contributed by atoms with van der Waals surface area (Å²) >= 11 is 0. The van der Waals surface area contributed by atoms with Gasteiger partial charge in [0.1, 0.15) is 0 Å². The first-order valence-corrected chi connectivity index (χ1v) is 5.38. The molecule has 5 heteroatoms. The topological polar surface area (TPSA) is 75.1 Å². The lowest BCUT2D eigenvalue weighted by molar-refractivity contribution is 0.0690. The van der Waals surface area contributed by atoms with Crippen molar-refractivity contribution in [2.24, 2.45) is 0 Å². The normalized spacial score (nSPS) is 12.2. The van der Waals surface area contributed by atoms with E-state index in [0.29, 0.717) is 11.6 Å². The van der Waals surface area contributed by atoms with Crippen LogP contribution in [-0.4, -0.2) is 27.1 Å². The van der Waals surface area contributed by atoms with Gasteiger partial charge in [0.2, 0.25) is 5.95 Å². The maximum atomic E-state index is 10.8. The summed E-state index contributed by atoms with van der Waals surface area (Å²) in [5.41, 5.74) is 0.678. The largest absolute Gasteiger partial charge is 0.477 e. The molecule has 0 aliphatic carbocycles. The molecule has 1 heterocycles. The number of carboxylic acid groups (broad SMARTS) is 1. The van der Waals surface area contributed by atoms with Gasteiger partial charge in [-0.2, -0.15) is 0 Å². The van der Waals surface area contributed by atoms with Crippen LogP contribution in [0.15, 0.2) is 6.07 Å². The third kappa shape index (κ3) is 3.49. The minimum absolute atomic E-state index is 0.0266. The van der Waals surface area contributed by atoms with E-state index in [4.69, 9.17) is 5.11 Å². The summed E-state index contributed by atoms with van der Waals surface area (Å²) in [5.74, 6) is -0.643. The molecular formula is C11H17N3O2. The second-order valence-electron chi connectivity index (χ2n) is 3.86. The molecule has 5 nitrogen and oxygen atoms in total. The molecule has 0 bridgehead atoms. The SMILES string of the molecule is CCCC(C)Nc1nc(C)cc(C(=O)O)n1. The van der Waals surface area contributed by atoms with E-state index in [9.17, 15) is 4.79 Å². The summed E-state index contributed by atoms with van der Waals surface area (Å²) in [6.45, 7) is 5.87. The number of anilines is 1. The van der Waals surface area contributed by atoms with Gasteiger partial charge in [0.25, 0.3) is 0 Å². The van der Waals surface area contributed by atoms with Crippen LogP contribution in [0.4, 0.5) is 5.95 Å². The molecule has 1 aromatic rings. The van der Waals surface area contributed by atoms with E-state index in [1.165, 1.54) is 6.07 Å². The molecule has 0 fully saturated rings. The van der Waals surface area contributed by atoms with Crippen LogP contribution < -0.4 is 5.32 Å². The van der Waals surface area contributed by atoms with Crippen LogP contribution in [0, 0.1) is 6.92 Å². The maximum Gasteiger partial charge on any atom is 0.354 e. The predicted octanol–water partition coefficient (Wildman–Crippen LogP) is 2.08. The van der Waals surface area contributed by atoms with Crippen LogP contribution in [0.2, 0.25) is 0 Å². The van der Waals surface area contributed by atoms with Gasteiger partial charge in [0, 0.05) is 11.7 Å². The van der Waals surface area contributed by atoms with Gasteiger partial charge in [-0.3, -0.25) is 0 Å². The highest BCUT2D eigenvalue weighted by atomic mass is 16.4. The van der Waals surface area contributed by atoms with E-state index in [1.807, 2.05) is 6.92 Å². The number of nitrogens with zero attached hydrogens (tertiary/aromatic N) is 2. The average Bonchev–Trinajstić information content (AvgIpc) is 2.16. The van der Waals surface area contributed by atoms with Crippen molar-refractivity contribution >= 4 is 11.9 Å². The number of nitrogens with one attached hydrogen (secondary N) is 1. The first kappa shape index (κ1) is 12.4. The van der Waals surface area contributed by atoms with Crippen LogP contribution in [-0.2, 0) is 0 Å². The van der Waals surface area contributed by atoms with Gasteiger partial charge in [-0.05, 0) is 26.3 Å². The summed E-state index contributed by atoms with van der Waals surface area (Å²) in [7, 11) is 0. The van der Waals surface area contributed by atoms with Crippen molar-refractivity contribution in [1.29, 1.82) is 0 Å². The standard InChI is InChI=1S/C11H17N3O2/c1-4-5-7(2)12-11-13-8(3)6-9(14-11)10(15)16/h6-7H,4-5H2,1-3H3,(H,15,16)(H,12,13,14). The molecule has 16 heavy (non-hydrogen) atoms. The highest BCUT2D eigenvalue weighted by molar-refractivity contribution is 5.85. The fraction of sp³-hybridized carbons (Fsp3) is 0.545. The van der Waals surface area contributed by atoms with Crippen molar-refractivity contribution in [1.82, 2.24) is 9.97 Å². The first-order valence-electron chi connectivity index (χ1n) is 5.38. The van der Waals surface area contributed by atoms with Crippen LogP contribution in [0.5, 0.6) is 0 Å².